The Morgan fingerprint density at radius 1 is 1.50 bits per heavy atom. The van der Waals surface area contributed by atoms with E-state index in [1.54, 1.807) is 19.3 Å². The fourth-order valence-electron chi connectivity index (χ4n) is 2.65. The van der Waals surface area contributed by atoms with Gasteiger partial charge in [-0.2, -0.15) is 4.31 Å². The molecular formula is C13H21N3O3S. The van der Waals surface area contributed by atoms with Crippen LogP contribution in [0.5, 0.6) is 0 Å². The molecule has 1 aromatic rings. The van der Waals surface area contributed by atoms with Crippen LogP contribution in [0.4, 0.5) is 5.69 Å². The van der Waals surface area contributed by atoms with Crippen LogP contribution >= 0.6 is 0 Å². The van der Waals surface area contributed by atoms with Gasteiger partial charge in [0.25, 0.3) is 0 Å². The highest BCUT2D eigenvalue weighted by atomic mass is 32.2. The zero-order chi connectivity index (χ0) is 14.6. The minimum Gasteiger partial charge on any atom is -0.396 e. The molecule has 20 heavy (non-hydrogen) atoms. The Morgan fingerprint density at radius 2 is 2.30 bits per heavy atom. The van der Waals surface area contributed by atoms with E-state index in [2.05, 4.69) is 10.3 Å². The van der Waals surface area contributed by atoms with Crippen LogP contribution in [0.2, 0.25) is 0 Å². The van der Waals surface area contributed by atoms with E-state index < -0.39 is 10.0 Å². The maximum absolute atomic E-state index is 12.8. The average Bonchev–Trinajstić information content (AvgIpc) is 2.48. The molecule has 1 atom stereocenters. The molecule has 2 heterocycles. The van der Waals surface area contributed by atoms with E-state index >= 15 is 0 Å². The van der Waals surface area contributed by atoms with Crippen molar-refractivity contribution in [1.82, 2.24) is 9.29 Å². The Labute approximate surface area is 119 Å². The average molecular weight is 299 g/mol. The van der Waals surface area contributed by atoms with Gasteiger partial charge in [-0.05, 0) is 25.3 Å². The van der Waals surface area contributed by atoms with E-state index in [9.17, 15) is 8.42 Å². The second kappa shape index (κ2) is 6.51. The van der Waals surface area contributed by atoms with Crippen molar-refractivity contribution in [2.75, 3.05) is 25.5 Å². The minimum absolute atomic E-state index is 0.00259. The van der Waals surface area contributed by atoms with Crippen LogP contribution in [-0.4, -0.2) is 49.1 Å². The molecule has 0 aliphatic carbocycles. The van der Waals surface area contributed by atoms with Gasteiger partial charge in [0.15, 0.2) is 0 Å². The molecule has 0 aromatic carbocycles. The van der Waals surface area contributed by atoms with Crippen LogP contribution in [-0.2, 0) is 10.0 Å². The molecule has 0 saturated carbocycles. The van der Waals surface area contributed by atoms with Crippen molar-refractivity contribution in [3.8, 4) is 0 Å². The maximum Gasteiger partial charge on any atom is 0.246 e. The first-order chi connectivity index (χ1) is 9.61. The molecule has 7 heteroatoms. The summed E-state index contributed by atoms with van der Waals surface area (Å²) in [7, 11) is -1.89. The Bertz CT molecular complexity index is 546. The van der Waals surface area contributed by atoms with Crippen LogP contribution in [0.3, 0.4) is 0 Å². The first-order valence-electron chi connectivity index (χ1n) is 6.85. The van der Waals surface area contributed by atoms with Gasteiger partial charge in [0.1, 0.15) is 4.90 Å². The molecule has 1 saturated heterocycles. The van der Waals surface area contributed by atoms with Crippen molar-refractivity contribution in [2.45, 2.75) is 36.6 Å². The van der Waals surface area contributed by atoms with Crippen LogP contribution in [0.15, 0.2) is 23.4 Å². The molecule has 112 valence electrons. The lowest BCUT2D eigenvalue weighted by atomic mass is 10.0. The highest BCUT2D eigenvalue weighted by molar-refractivity contribution is 7.89. The van der Waals surface area contributed by atoms with Crippen molar-refractivity contribution in [3.63, 3.8) is 0 Å². The van der Waals surface area contributed by atoms with Gasteiger partial charge in [0, 0.05) is 38.6 Å². The van der Waals surface area contributed by atoms with Gasteiger partial charge in [-0.25, -0.2) is 8.42 Å². The summed E-state index contributed by atoms with van der Waals surface area (Å²) in [5, 5.41) is 12.0. The third kappa shape index (κ3) is 2.94. The predicted molar refractivity (Wildman–Crippen MR) is 77.0 cm³/mol. The molecule has 1 aromatic heterocycles. The van der Waals surface area contributed by atoms with Crippen LogP contribution in [0.1, 0.15) is 25.7 Å². The summed E-state index contributed by atoms with van der Waals surface area (Å²) in [6.45, 7) is 0.508. The van der Waals surface area contributed by atoms with Gasteiger partial charge in [0.2, 0.25) is 10.0 Å². The van der Waals surface area contributed by atoms with Crippen molar-refractivity contribution in [2.24, 2.45) is 0 Å². The molecule has 6 nitrogen and oxygen atoms in total. The molecule has 1 unspecified atom stereocenters. The zero-order valence-corrected chi connectivity index (χ0v) is 12.4. The molecule has 2 rings (SSSR count). The topological polar surface area (TPSA) is 82.5 Å². The number of nitrogens with one attached hydrogen (secondary N) is 1. The number of piperidine rings is 1. The second-order valence-electron chi connectivity index (χ2n) is 4.90. The van der Waals surface area contributed by atoms with Gasteiger partial charge in [0.05, 0.1) is 5.69 Å². The van der Waals surface area contributed by atoms with E-state index in [-0.39, 0.29) is 17.5 Å². The summed E-state index contributed by atoms with van der Waals surface area (Å²) in [5.41, 5.74) is 0.549. The van der Waals surface area contributed by atoms with Crippen LogP contribution in [0.25, 0.3) is 0 Å². The third-order valence-electron chi connectivity index (χ3n) is 3.68. The molecule has 0 radical (unpaired) electrons. The summed E-state index contributed by atoms with van der Waals surface area (Å²) >= 11 is 0. The van der Waals surface area contributed by atoms with Gasteiger partial charge in [-0.3, -0.25) is 4.98 Å². The van der Waals surface area contributed by atoms with Crippen LogP contribution in [0, 0.1) is 0 Å². The zero-order valence-electron chi connectivity index (χ0n) is 11.6. The summed E-state index contributed by atoms with van der Waals surface area (Å²) < 4.78 is 27.2. The Hall–Kier alpha value is -1.18. The first-order valence-corrected chi connectivity index (χ1v) is 8.29. The largest absolute Gasteiger partial charge is 0.396 e. The smallest absolute Gasteiger partial charge is 0.246 e. The van der Waals surface area contributed by atoms with E-state index in [0.717, 1.165) is 19.3 Å². The van der Waals surface area contributed by atoms with E-state index in [1.807, 2.05) is 0 Å². The van der Waals surface area contributed by atoms with Crippen molar-refractivity contribution >= 4 is 15.7 Å². The number of aromatic nitrogens is 1. The maximum atomic E-state index is 12.8. The predicted octanol–water partition coefficient (Wildman–Crippen LogP) is 1.05. The number of pyridine rings is 1. The van der Waals surface area contributed by atoms with E-state index in [4.69, 9.17) is 5.11 Å². The second-order valence-corrected chi connectivity index (χ2v) is 6.76. The summed E-state index contributed by atoms with van der Waals surface area (Å²) in [6, 6.07) is 1.53. The monoisotopic (exact) mass is 299 g/mol. The summed E-state index contributed by atoms with van der Waals surface area (Å²) in [4.78, 5) is 4.13. The highest BCUT2D eigenvalue weighted by Gasteiger charge is 2.34. The quantitative estimate of drug-likeness (QED) is 0.849. The SMILES string of the molecule is CNc1ccncc1S(=O)(=O)N1CCCCC1CCO. The lowest BCUT2D eigenvalue weighted by Gasteiger charge is -2.34. The van der Waals surface area contributed by atoms with Gasteiger partial charge in [-0.1, -0.05) is 6.42 Å². The molecule has 0 bridgehead atoms. The summed E-state index contributed by atoms with van der Waals surface area (Å²) in [6.07, 6.45) is 6.08. The van der Waals surface area contributed by atoms with E-state index in [0.29, 0.717) is 18.7 Å². The Balaban J connectivity index is 2.37. The van der Waals surface area contributed by atoms with Crippen molar-refractivity contribution in [3.05, 3.63) is 18.5 Å². The number of aliphatic hydroxyl groups excluding tert-OH is 1. The number of hydrogen-bond acceptors (Lipinski definition) is 5. The van der Waals surface area contributed by atoms with Crippen LogP contribution < -0.4 is 5.32 Å². The Morgan fingerprint density at radius 3 is 3.00 bits per heavy atom. The number of rotatable bonds is 5. The number of sulfonamides is 1. The lowest BCUT2D eigenvalue weighted by Crippen LogP contribution is -2.44. The Kier molecular flexibility index (Phi) is 4.95. The normalized spacial score (nSPS) is 20.8. The lowest BCUT2D eigenvalue weighted by molar-refractivity contribution is 0.192. The highest BCUT2D eigenvalue weighted by Crippen LogP contribution is 2.29. The number of aliphatic hydroxyl groups is 1. The van der Waals surface area contributed by atoms with Gasteiger partial charge in [-0.15, -0.1) is 0 Å². The summed E-state index contributed by atoms with van der Waals surface area (Å²) in [5.74, 6) is 0. The van der Waals surface area contributed by atoms with Gasteiger partial charge >= 0.3 is 0 Å². The van der Waals surface area contributed by atoms with Crippen molar-refractivity contribution < 1.29 is 13.5 Å². The number of hydrogen-bond donors (Lipinski definition) is 2. The molecule has 2 N–H and O–H groups in total. The fraction of sp³-hybridized carbons (Fsp3) is 0.615. The molecular weight excluding hydrogens is 278 g/mol. The van der Waals surface area contributed by atoms with E-state index in [1.165, 1.54) is 10.5 Å². The molecule has 1 aliphatic heterocycles. The molecule has 0 amide bonds. The molecule has 1 fully saturated rings. The minimum atomic E-state index is -3.58. The molecule has 1 aliphatic rings. The molecule has 0 spiro atoms. The number of anilines is 1. The van der Waals surface area contributed by atoms with Crippen molar-refractivity contribution in [1.29, 1.82) is 0 Å². The number of nitrogens with zero attached hydrogens (tertiary/aromatic N) is 2. The first kappa shape index (κ1) is 15.2. The fourth-order valence-corrected chi connectivity index (χ4v) is 4.51. The van der Waals surface area contributed by atoms with Gasteiger partial charge < -0.3 is 10.4 Å². The standard InChI is InChI=1S/C13H21N3O3S/c1-14-12-5-7-15-10-13(12)20(18,19)16-8-3-2-4-11(16)6-9-17/h5,7,10-11,17H,2-4,6,8-9H2,1H3,(H,14,15). The third-order valence-corrected chi connectivity index (χ3v) is 5.66.